The van der Waals surface area contributed by atoms with E-state index in [9.17, 15) is 0 Å². The molecule has 10 aromatic rings. The maximum absolute atomic E-state index is 5.12. The minimum absolute atomic E-state index is 0.655. The Labute approximate surface area is 282 Å². The van der Waals surface area contributed by atoms with Crippen LogP contribution in [0.15, 0.2) is 170 Å². The van der Waals surface area contributed by atoms with Crippen LogP contribution in [0.5, 0.6) is 0 Å². The molecule has 0 radical (unpaired) electrons. The molecule has 0 N–H and O–H groups in total. The summed E-state index contributed by atoms with van der Waals surface area (Å²) in [5, 5.41) is 9.60. The average Bonchev–Trinajstić information content (AvgIpc) is 3.52. The van der Waals surface area contributed by atoms with Crippen molar-refractivity contribution in [3.8, 4) is 39.9 Å². The highest BCUT2D eigenvalue weighted by Gasteiger charge is 2.19. The molecule has 49 heavy (non-hydrogen) atoms. The van der Waals surface area contributed by atoms with E-state index in [1.54, 1.807) is 0 Å². The molecular weight excluding hydrogens is 597 g/mol. The highest BCUT2D eigenvalue weighted by Crippen LogP contribution is 2.41. The molecular formula is C45H28N4. The minimum Gasteiger partial charge on any atom is -0.309 e. The summed E-state index contributed by atoms with van der Waals surface area (Å²) in [5.41, 5.74) is 6.44. The Hall–Kier alpha value is -6.65. The Balaban J connectivity index is 1.26. The van der Waals surface area contributed by atoms with E-state index >= 15 is 0 Å². The Morgan fingerprint density at radius 1 is 0.327 bits per heavy atom. The Bertz CT molecular complexity index is 2730. The first kappa shape index (κ1) is 27.5. The molecule has 4 heteroatoms. The Kier molecular flexibility index (Phi) is 6.15. The zero-order valence-electron chi connectivity index (χ0n) is 26.5. The molecule has 0 spiro atoms. The van der Waals surface area contributed by atoms with E-state index in [4.69, 9.17) is 15.0 Å². The summed E-state index contributed by atoms with van der Waals surface area (Å²) >= 11 is 0. The molecule has 10 rings (SSSR count). The van der Waals surface area contributed by atoms with Crippen molar-refractivity contribution in [2.75, 3.05) is 0 Å². The van der Waals surface area contributed by atoms with Gasteiger partial charge in [0, 0.05) is 38.5 Å². The predicted molar refractivity (Wildman–Crippen MR) is 203 cm³/mol. The van der Waals surface area contributed by atoms with Crippen molar-refractivity contribution in [1.82, 2.24) is 19.5 Å². The number of fused-ring (bicyclic) bond motifs is 9. The summed E-state index contributed by atoms with van der Waals surface area (Å²) in [6, 6.07) is 59.8. The average molecular weight is 625 g/mol. The van der Waals surface area contributed by atoms with Gasteiger partial charge in [-0.1, -0.05) is 146 Å². The van der Waals surface area contributed by atoms with Crippen LogP contribution in [0.3, 0.4) is 0 Å². The van der Waals surface area contributed by atoms with Crippen molar-refractivity contribution < 1.29 is 0 Å². The fourth-order valence-corrected chi connectivity index (χ4v) is 7.45. The van der Waals surface area contributed by atoms with Gasteiger partial charge in [-0.05, 0) is 51.2 Å². The van der Waals surface area contributed by atoms with Crippen LogP contribution in [0.2, 0.25) is 0 Å². The first-order valence-corrected chi connectivity index (χ1v) is 16.5. The number of rotatable bonds is 4. The lowest BCUT2D eigenvalue weighted by atomic mass is 9.91. The number of hydrogen-bond acceptors (Lipinski definition) is 3. The van der Waals surface area contributed by atoms with Gasteiger partial charge in [0.1, 0.15) is 0 Å². The van der Waals surface area contributed by atoms with E-state index < -0.39 is 0 Å². The highest BCUT2D eigenvalue weighted by atomic mass is 15.0. The van der Waals surface area contributed by atoms with E-state index in [0.29, 0.717) is 17.5 Å². The standard InChI is InChI=1S/C45H28N4/c1-3-14-29(15-4-1)43-46-44(30-16-5-2-6-17-30)48-45(47-43)38-23-13-22-37-33-27-26-31(28-39(33)32-18-7-8-21-36(32)42(37)38)49-40-24-11-9-19-34(40)35-20-10-12-25-41(35)49/h1-28H. The zero-order valence-corrected chi connectivity index (χ0v) is 26.5. The van der Waals surface area contributed by atoms with E-state index in [0.717, 1.165) is 27.8 Å². The second-order valence-electron chi connectivity index (χ2n) is 12.4. The van der Waals surface area contributed by atoms with Crippen molar-refractivity contribution in [3.05, 3.63) is 170 Å². The van der Waals surface area contributed by atoms with Crippen LogP contribution >= 0.6 is 0 Å². The molecule has 4 nitrogen and oxygen atoms in total. The van der Waals surface area contributed by atoms with Gasteiger partial charge >= 0.3 is 0 Å². The van der Waals surface area contributed by atoms with Crippen molar-refractivity contribution in [2.45, 2.75) is 0 Å². The summed E-state index contributed by atoms with van der Waals surface area (Å²) in [5.74, 6) is 1.97. The monoisotopic (exact) mass is 624 g/mol. The molecule has 2 aromatic heterocycles. The van der Waals surface area contributed by atoms with E-state index in [-0.39, 0.29) is 0 Å². The lowest BCUT2D eigenvalue weighted by molar-refractivity contribution is 1.08. The molecule has 0 amide bonds. The zero-order chi connectivity index (χ0) is 32.3. The molecule has 8 aromatic carbocycles. The van der Waals surface area contributed by atoms with Crippen LogP contribution in [0.1, 0.15) is 0 Å². The first-order valence-electron chi connectivity index (χ1n) is 16.5. The maximum Gasteiger partial charge on any atom is 0.164 e. The number of benzene rings is 8. The van der Waals surface area contributed by atoms with Gasteiger partial charge in [-0.3, -0.25) is 0 Å². The molecule has 0 aliphatic carbocycles. The topological polar surface area (TPSA) is 43.6 Å². The molecule has 0 aliphatic rings. The normalized spacial score (nSPS) is 11.7. The van der Waals surface area contributed by atoms with Gasteiger partial charge in [0.15, 0.2) is 17.5 Å². The number of nitrogens with zero attached hydrogens (tertiary/aromatic N) is 4. The van der Waals surface area contributed by atoms with E-state index in [1.165, 1.54) is 48.7 Å². The highest BCUT2D eigenvalue weighted by molar-refractivity contribution is 6.28. The summed E-state index contributed by atoms with van der Waals surface area (Å²) in [6.45, 7) is 0. The molecule has 2 heterocycles. The third-order valence-electron chi connectivity index (χ3n) is 9.62. The predicted octanol–water partition coefficient (Wildman–Crippen LogP) is 11.4. The maximum atomic E-state index is 5.12. The third kappa shape index (κ3) is 4.35. The Morgan fingerprint density at radius 3 is 1.41 bits per heavy atom. The van der Waals surface area contributed by atoms with Gasteiger partial charge in [-0.2, -0.15) is 0 Å². The van der Waals surface area contributed by atoms with Crippen LogP contribution in [0, 0.1) is 0 Å². The largest absolute Gasteiger partial charge is 0.309 e. The van der Waals surface area contributed by atoms with Gasteiger partial charge in [0.2, 0.25) is 0 Å². The van der Waals surface area contributed by atoms with Crippen molar-refractivity contribution in [2.24, 2.45) is 0 Å². The first-order chi connectivity index (χ1) is 24.3. The molecule has 0 aliphatic heterocycles. The van der Waals surface area contributed by atoms with Gasteiger partial charge in [-0.25, -0.2) is 15.0 Å². The van der Waals surface area contributed by atoms with Crippen LogP contribution in [-0.4, -0.2) is 19.5 Å². The number of aromatic nitrogens is 4. The molecule has 228 valence electrons. The minimum atomic E-state index is 0.655. The smallest absolute Gasteiger partial charge is 0.164 e. The SMILES string of the molecule is c1ccc(-c2nc(-c3ccccc3)nc(-c3cccc4c5ccc(-n6c7ccccc7c7ccccc76)cc5c5ccccc5c34)n2)cc1. The van der Waals surface area contributed by atoms with Crippen molar-refractivity contribution in [3.63, 3.8) is 0 Å². The number of para-hydroxylation sites is 2. The molecule has 0 unspecified atom stereocenters. The second kappa shape index (κ2) is 11.0. The summed E-state index contributed by atoms with van der Waals surface area (Å²) < 4.78 is 2.39. The molecule has 0 atom stereocenters. The lowest BCUT2D eigenvalue weighted by Gasteiger charge is -2.16. The lowest BCUT2D eigenvalue weighted by Crippen LogP contribution is -2.01. The summed E-state index contributed by atoms with van der Waals surface area (Å²) in [7, 11) is 0. The van der Waals surface area contributed by atoms with Crippen LogP contribution < -0.4 is 0 Å². The van der Waals surface area contributed by atoms with Crippen molar-refractivity contribution >= 4 is 54.1 Å². The van der Waals surface area contributed by atoms with Crippen LogP contribution in [-0.2, 0) is 0 Å². The van der Waals surface area contributed by atoms with Crippen LogP contribution in [0.4, 0.5) is 0 Å². The molecule has 0 saturated heterocycles. The fraction of sp³-hybridized carbons (Fsp3) is 0. The van der Waals surface area contributed by atoms with Crippen molar-refractivity contribution in [1.29, 1.82) is 0 Å². The number of hydrogen-bond donors (Lipinski definition) is 0. The van der Waals surface area contributed by atoms with Crippen LogP contribution in [0.25, 0.3) is 94.0 Å². The molecule has 0 bridgehead atoms. The van der Waals surface area contributed by atoms with E-state index in [1.807, 2.05) is 36.4 Å². The van der Waals surface area contributed by atoms with Gasteiger partial charge in [0.25, 0.3) is 0 Å². The van der Waals surface area contributed by atoms with Gasteiger partial charge in [0.05, 0.1) is 11.0 Å². The van der Waals surface area contributed by atoms with Gasteiger partial charge < -0.3 is 4.57 Å². The third-order valence-corrected chi connectivity index (χ3v) is 9.62. The fourth-order valence-electron chi connectivity index (χ4n) is 7.45. The quantitative estimate of drug-likeness (QED) is 0.183. The Morgan fingerprint density at radius 2 is 0.796 bits per heavy atom. The molecule has 0 saturated carbocycles. The van der Waals surface area contributed by atoms with Gasteiger partial charge in [-0.15, -0.1) is 0 Å². The summed E-state index contributed by atoms with van der Waals surface area (Å²) in [6.07, 6.45) is 0. The summed E-state index contributed by atoms with van der Waals surface area (Å²) in [4.78, 5) is 15.2. The second-order valence-corrected chi connectivity index (χ2v) is 12.4. The molecule has 0 fully saturated rings. The van der Waals surface area contributed by atoms with E-state index in [2.05, 4.69) is 138 Å².